The van der Waals surface area contributed by atoms with Crippen LogP contribution in [-0.2, 0) is 25.6 Å². The second-order valence-electron chi connectivity index (χ2n) is 6.92. The van der Waals surface area contributed by atoms with Crippen LogP contribution < -0.4 is 0 Å². The van der Waals surface area contributed by atoms with Crippen molar-refractivity contribution in [1.82, 2.24) is 0 Å². The Balaban J connectivity index is 0.000000288. The van der Waals surface area contributed by atoms with Crippen molar-refractivity contribution in [2.24, 2.45) is 0 Å². The number of aliphatic hydroxyl groups is 1. The maximum atomic E-state index is 9.50. The van der Waals surface area contributed by atoms with E-state index in [1.165, 1.54) is 29.6 Å². The minimum atomic E-state index is -1.07. The van der Waals surface area contributed by atoms with Crippen LogP contribution in [0.5, 0.6) is 0 Å². The Kier molecular flexibility index (Phi) is 9.37. The normalized spacial score (nSPS) is 17.3. The molecule has 2 aromatic rings. The third-order valence-corrected chi connectivity index (χ3v) is 5.58. The summed E-state index contributed by atoms with van der Waals surface area (Å²) in [5.74, 6) is 7.34. The predicted octanol–water partition coefficient (Wildman–Crippen LogP) is 5.94. The van der Waals surface area contributed by atoms with Gasteiger partial charge in [-0.3, -0.25) is 0 Å². The molecule has 1 saturated carbocycles. The molecule has 0 amide bonds. The zero-order chi connectivity index (χ0) is 19.3. The van der Waals surface area contributed by atoms with Crippen LogP contribution >= 0.6 is 0 Å². The summed E-state index contributed by atoms with van der Waals surface area (Å²) < 4.78 is 0. The number of rotatable bonds is 3. The fourth-order valence-corrected chi connectivity index (χ4v) is 3.20. The zero-order valence-corrected chi connectivity index (χ0v) is 19.2. The van der Waals surface area contributed by atoms with Crippen molar-refractivity contribution in [2.75, 3.05) is 6.61 Å². The molecule has 1 aliphatic carbocycles. The number of hydrogen-bond acceptors (Lipinski definition) is 1. The molecule has 1 aliphatic rings. The SMILES string of the molecule is C[C]1[C](C)[C](C)[C](C)[C]1C.[Ir].[NH-]C(CO)(c1ccccc1)c1ccccc1. The van der Waals surface area contributed by atoms with E-state index < -0.39 is 5.54 Å². The molecular weight excluding hydrogens is 510 g/mol. The molecule has 0 aliphatic heterocycles. The van der Waals surface area contributed by atoms with E-state index in [1.807, 2.05) is 60.7 Å². The van der Waals surface area contributed by atoms with Crippen molar-refractivity contribution < 1.29 is 25.2 Å². The van der Waals surface area contributed by atoms with Gasteiger partial charge in [0.2, 0.25) is 0 Å². The Hall–Kier alpha value is -0.991. The van der Waals surface area contributed by atoms with E-state index in [0.29, 0.717) is 0 Å². The summed E-state index contributed by atoms with van der Waals surface area (Å²) in [4.78, 5) is 0. The van der Waals surface area contributed by atoms with Gasteiger partial charge in [0.1, 0.15) is 0 Å². The first-order valence-electron chi connectivity index (χ1n) is 8.99. The smallest absolute Gasteiger partial charge is 0.0377 e. The second kappa shape index (κ2) is 10.5. The molecule has 2 N–H and O–H groups in total. The quantitative estimate of drug-likeness (QED) is 0.515. The molecule has 0 bridgehead atoms. The summed E-state index contributed by atoms with van der Waals surface area (Å²) in [7, 11) is 0. The topological polar surface area (TPSA) is 44.0 Å². The first kappa shape index (κ1) is 24.0. The molecule has 1 fully saturated rings. The monoisotopic (exact) mass is 540 g/mol. The number of benzene rings is 2. The van der Waals surface area contributed by atoms with Crippen molar-refractivity contribution in [3.05, 3.63) is 107 Å². The van der Waals surface area contributed by atoms with Crippen LogP contribution in [0, 0.1) is 29.6 Å². The first-order chi connectivity index (χ1) is 12.3. The van der Waals surface area contributed by atoms with Gasteiger partial charge in [0, 0.05) is 26.7 Å². The molecule has 0 aromatic heterocycles. The summed E-state index contributed by atoms with van der Waals surface area (Å²) >= 11 is 0. The van der Waals surface area contributed by atoms with E-state index in [-0.39, 0.29) is 26.7 Å². The van der Waals surface area contributed by atoms with Gasteiger partial charge in [0.05, 0.1) is 0 Å². The van der Waals surface area contributed by atoms with Crippen LogP contribution in [-0.4, -0.2) is 11.7 Å². The Morgan fingerprint density at radius 2 is 0.889 bits per heavy atom. The molecule has 6 radical (unpaired) electrons. The molecule has 3 rings (SSSR count). The van der Waals surface area contributed by atoms with Crippen LogP contribution in [0.15, 0.2) is 60.7 Å². The Labute approximate surface area is 178 Å². The van der Waals surface area contributed by atoms with Gasteiger partial charge in [-0.25, -0.2) is 0 Å². The Bertz CT molecular complexity index is 576. The number of aliphatic hydroxyl groups excluding tert-OH is 1. The van der Waals surface area contributed by atoms with E-state index >= 15 is 0 Å². The molecule has 2 nitrogen and oxygen atoms in total. The van der Waals surface area contributed by atoms with E-state index in [4.69, 9.17) is 5.73 Å². The molecule has 0 heterocycles. The van der Waals surface area contributed by atoms with E-state index in [9.17, 15) is 5.11 Å². The summed E-state index contributed by atoms with van der Waals surface area (Å²) in [6.45, 7) is 10.8. The Morgan fingerprint density at radius 1 is 0.630 bits per heavy atom. The maximum absolute atomic E-state index is 9.50. The fourth-order valence-electron chi connectivity index (χ4n) is 3.20. The van der Waals surface area contributed by atoms with E-state index in [0.717, 1.165) is 11.1 Å². The standard InChI is InChI=1S/C14H14NO.C10H15.Ir/c15-14(11-16,12-7-3-1-4-8-12)13-9-5-2-6-10-13;1-6-7(2)9(4)10(5)8(6)3;/h1-10,15-16H,11H2;1-5H3;/q-1;;. The van der Waals surface area contributed by atoms with E-state index in [2.05, 4.69) is 34.6 Å². The average molecular weight is 540 g/mol. The molecule has 146 valence electrons. The number of hydrogen-bond donors (Lipinski definition) is 1. The molecular formula is C24H29IrNO-. The summed E-state index contributed by atoms with van der Waals surface area (Å²) in [5.41, 5.74) is 8.95. The Morgan fingerprint density at radius 3 is 1.11 bits per heavy atom. The molecule has 0 saturated heterocycles. The maximum Gasteiger partial charge on any atom is 0.0377 e. The molecule has 3 heteroatoms. The van der Waals surface area contributed by atoms with Crippen molar-refractivity contribution >= 4 is 0 Å². The molecule has 0 spiro atoms. The van der Waals surface area contributed by atoms with Gasteiger partial charge in [-0.2, -0.15) is 0 Å². The van der Waals surface area contributed by atoms with Crippen molar-refractivity contribution in [3.63, 3.8) is 0 Å². The summed E-state index contributed by atoms with van der Waals surface area (Å²) in [5, 5.41) is 9.50. The second-order valence-corrected chi connectivity index (χ2v) is 6.92. The van der Waals surface area contributed by atoms with Crippen LogP contribution in [0.2, 0.25) is 0 Å². The van der Waals surface area contributed by atoms with Crippen LogP contribution in [0.25, 0.3) is 5.73 Å². The largest absolute Gasteiger partial charge is 0.662 e. The zero-order valence-electron chi connectivity index (χ0n) is 16.8. The molecule has 27 heavy (non-hydrogen) atoms. The molecule has 0 unspecified atom stereocenters. The third-order valence-electron chi connectivity index (χ3n) is 5.58. The van der Waals surface area contributed by atoms with E-state index in [1.54, 1.807) is 0 Å². The van der Waals surface area contributed by atoms with Gasteiger partial charge in [-0.05, 0) is 35.1 Å². The predicted molar refractivity (Wildman–Crippen MR) is 110 cm³/mol. The van der Waals surface area contributed by atoms with Crippen molar-refractivity contribution in [2.45, 2.75) is 40.2 Å². The summed E-state index contributed by atoms with van der Waals surface area (Å²) in [6.07, 6.45) is 0. The van der Waals surface area contributed by atoms with Crippen LogP contribution in [0.3, 0.4) is 0 Å². The van der Waals surface area contributed by atoms with Gasteiger partial charge in [-0.15, -0.1) is 0 Å². The van der Waals surface area contributed by atoms with Crippen molar-refractivity contribution in [3.8, 4) is 0 Å². The number of nitrogens with one attached hydrogen (secondary N) is 1. The van der Waals surface area contributed by atoms with Gasteiger partial charge in [0.15, 0.2) is 0 Å². The molecule has 0 atom stereocenters. The van der Waals surface area contributed by atoms with Gasteiger partial charge in [0.25, 0.3) is 0 Å². The van der Waals surface area contributed by atoms with Gasteiger partial charge in [-0.1, -0.05) is 106 Å². The van der Waals surface area contributed by atoms with Crippen LogP contribution in [0.4, 0.5) is 0 Å². The van der Waals surface area contributed by atoms with Crippen molar-refractivity contribution in [1.29, 1.82) is 0 Å². The van der Waals surface area contributed by atoms with Crippen LogP contribution in [0.1, 0.15) is 45.7 Å². The molecule has 2 aromatic carbocycles. The van der Waals surface area contributed by atoms with Gasteiger partial charge >= 0.3 is 0 Å². The first-order valence-corrected chi connectivity index (χ1v) is 8.99. The summed E-state index contributed by atoms with van der Waals surface area (Å²) in [6, 6.07) is 18.8. The average Bonchev–Trinajstić information content (AvgIpc) is 2.87. The fraction of sp³-hybridized carbons (Fsp3) is 0.292. The minimum Gasteiger partial charge on any atom is -0.662 e. The van der Waals surface area contributed by atoms with Gasteiger partial charge < -0.3 is 10.8 Å². The third kappa shape index (κ3) is 5.29. The minimum absolute atomic E-state index is 0.